The first kappa shape index (κ1) is 16.0. The molecule has 134 valence electrons. The molecule has 0 bridgehead atoms. The molecule has 1 aliphatic rings. The number of rotatable bonds is 4. The van der Waals surface area contributed by atoms with Crippen molar-refractivity contribution in [2.75, 3.05) is 0 Å². The first-order chi connectivity index (χ1) is 13.2. The van der Waals surface area contributed by atoms with Crippen LogP contribution in [0, 0.1) is 6.92 Å². The quantitative estimate of drug-likeness (QED) is 0.550. The molecular weight excluding hydrogens is 338 g/mol. The summed E-state index contributed by atoms with van der Waals surface area (Å²) in [6.07, 6.45) is 6.22. The van der Waals surface area contributed by atoms with Crippen molar-refractivity contribution in [2.24, 2.45) is 0 Å². The van der Waals surface area contributed by atoms with E-state index in [1.807, 2.05) is 31.2 Å². The molecule has 5 nitrogen and oxygen atoms in total. The summed E-state index contributed by atoms with van der Waals surface area (Å²) in [6.45, 7) is 2.02. The Kier molecular flexibility index (Phi) is 3.67. The fourth-order valence-electron chi connectivity index (χ4n) is 3.67. The highest BCUT2D eigenvalue weighted by molar-refractivity contribution is 5.84. The molecule has 1 fully saturated rings. The van der Waals surface area contributed by atoms with Gasteiger partial charge in [0.25, 0.3) is 0 Å². The number of nitrogens with zero attached hydrogens (tertiary/aromatic N) is 3. The average molecular weight is 357 g/mol. The number of fused-ring (bicyclic) bond motifs is 1. The molecule has 0 spiro atoms. The van der Waals surface area contributed by atoms with E-state index < -0.39 is 0 Å². The van der Waals surface area contributed by atoms with Crippen LogP contribution in [0.5, 0.6) is 0 Å². The normalized spacial score (nSPS) is 14.0. The molecule has 27 heavy (non-hydrogen) atoms. The number of para-hydroxylation sites is 1. The fourth-order valence-corrected chi connectivity index (χ4v) is 3.67. The van der Waals surface area contributed by atoms with E-state index >= 15 is 0 Å². The van der Waals surface area contributed by atoms with Gasteiger partial charge in [-0.3, -0.25) is 4.57 Å². The van der Waals surface area contributed by atoms with Gasteiger partial charge in [0.2, 0.25) is 0 Å². The molecule has 1 aliphatic carbocycles. The summed E-state index contributed by atoms with van der Waals surface area (Å²) < 4.78 is 6.68. The minimum Gasteiger partial charge on any atom is -0.364 e. The third-order valence-corrected chi connectivity index (χ3v) is 5.26. The Labute approximate surface area is 156 Å². The summed E-state index contributed by atoms with van der Waals surface area (Å²) in [7, 11) is 0. The zero-order chi connectivity index (χ0) is 18.4. The molecule has 0 aliphatic heterocycles. The van der Waals surface area contributed by atoms with Crippen LogP contribution < -0.4 is 5.69 Å². The van der Waals surface area contributed by atoms with Gasteiger partial charge in [-0.2, -0.15) is 4.98 Å². The minimum atomic E-state index is -0.254. The van der Waals surface area contributed by atoms with Crippen LogP contribution >= 0.6 is 0 Å². The Morgan fingerprint density at radius 3 is 2.78 bits per heavy atom. The highest BCUT2D eigenvalue weighted by atomic mass is 16.5. The summed E-state index contributed by atoms with van der Waals surface area (Å²) in [5, 5.41) is 4.75. The van der Waals surface area contributed by atoms with E-state index in [9.17, 15) is 4.79 Å². The van der Waals surface area contributed by atoms with Gasteiger partial charge >= 0.3 is 5.69 Å². The average Bonchev–Trinajstić information content (AvgIpc) is 3.40. The summed E-state index contributed by atoms with van der Waals surface area (Å²) in [4.78, 5) is 17.5. The molecule has 2 aromatic carbocycles. The molecule has 0 amide bonds. The van der Waals surface area contributed by atoms with E-state index in [1.54, 1.807) is 17.0 Å². The summed E-state index contributed by atoms with van der Waals surface area (Å²) in [5.74, 6) is 0.615. The molecule has 5 rings (SSSR count). The molecular formula is C22H19N3O2. The van der Waals surface area contributed by atoms with Gasteiger partial charge in [-0.1, -0.05) is 35.5 Å². The predicted molar refractivity (Wildman–Crippen MR) is 103 cm³/mol. The SMILES string of the molecule is Cc1ccccc1-n1c(=O)nc(Cc2cnoc2)c2ccc(C3CC3)cc21. The topological polar surface area (TPSA) is 60.9 Å². The Morgan fingerprint density at radius 2 is 2.04 bits per heavy atom. The Balaban J connectivity index is 1.79. The van der Waals surface area contributed by atoms with Crippen molar-refractivity contribution in [1.29, 1.82) is 0 Å². The number of aryl methyl sites for hydroxylation is 1. The van der Waals surface area contributed by atoms with Gasteiger partial charge in [-0.05, 0) is 48.9 Å². The molecule has 4 aromatic rings. The van der Waals surface area contributed by atoms with Gasteiger partial charge in [0.15, 0.2) is 0 Å². The van der Waals surface area contributed by atoms with E-state index in [2.05, 4.69) is 28.3 Å². The lowest BCUT2D eigenvalue weighted by Gasteiger charge is -2.15. The van der Waals surface area contributed by atoms with E-state index in [0.717, 1.165) is 33.4 Å². The first-order valence-corrected chi connectivity index (χ1v) is 9.20. The van der Waals surface area contributed by atoms with Crippen molar-refractivity contribution in [1.82, 2.24) is 14.7 Å². The molecule has 2 heterocycles. The van der Waals surface area contributed by atoms with Crippen LogP contribution in [-0.2, 0) is 6.42 Å². The van der Waals surface area contributed by atoms with Crippen molar-refractivity contribution in [2.45, 2.75) is 32.1 Å². The smallest absolute Gasteiger partial charge is 0.352 e. The lowest BCUT2D eigenvalue weighted by atomic mass is 10.0. The molecule has 0 saturated heterocycles. The van der Waals surface area contributed by atoms with E-state index in [1.165, 1.54) is 18.4 Å². The van der Waals surface area contributed by atoms with Crippen LogP contribution in [0.25, 0.3) is 16.6 Å². The van der Waals surface area contributed by atoms with Gasteiger partial charge < -0.3 is 4.52 Å². The van der Waals surface area contributed by atoms with Crippen LogP contribution in [0.2, 0.25) is 0 Å². The van der Waals surface area contributed by atoms with Crippen LogP contribution in [0.15, 0.2) is 64.2 Å². The van der Waals surface area contributed by atoms with E-state index in [4.69, 9.17) is 4.52 Å². The molecule has 0 atom stereocenters. The second-order valence-electron chi connectivity index (χ2n) is 7.22. The molecule has 2 aromatic heterocycles. The standard InChI is InChI=1S/C22H19N3O2/c1-14-4-2-3-5-20(14)25-21-11-17(16-6-7-16)8-9-18(21)19(24-22(25)26)10-15-12-23-27-13-15/h2-5,8-9,11-13,16H,6-7,10H2,1H3. The maximum atomic E-state index is 13.0. The van der Waals surface area contributed by atoms with Crippen LogP contribution in [0.1, 0.15) is 41.1 Å². The van der Waals surface area contributed by atoms with Crippen molar-refractivity contribution in [3.05, 3.63) is 87.8 Å². The Morgan fingerprint density at radius 1 is 1.19 bits per heavy atom. The van der Waals surface area contributed by atoms with Crippen molar-refractivity contribution in [3.8, 4) is 5.69 Å². The van der Waals surface area contributed by atoms with Gasteiger partial charge in [0, 0.05) is 17.4 Å². The molecule has 0 N–H and O–H groups in total. The van der Waals surface area contributed by atoms with Gasteiger partial charge in [-0.15, -0.1) is 0 Å². The number of aromatic nitrogens is 3. The maximum absolute atomic E-state index is 13.0. The van der Waals surface area contributed by atoms with Crippen molar-refractivity contribution < 1.29 is 4.52 Å². The van der Waals surface area contributed by atoms with Crippen molar-refractivity contribution in [3.63, 3.8) is 0 Å². The third kappa shape index (κ3) is 2.85. The first-order valence-electron chi connectivity index (χ1n) is 9.20. The number of hydrogen-bond acceptors (Lipinski definition) is 4. The van der Waals surface area contributed by atoms with Gasteiger partial charge in [0.1, 0.15) is 6.26 Å². The summed E-state index contributed by atoms with van der Waals surface area (Å²) in [6, 6.07) is 14.4. The third-order valence-electron chi connectivity index (χ3n) is 5.26. The zero-order valence-corrected chi connectivity index (χ0v) is 15.1. The van der Waals surface area contributed by atoms with Crippen LogP contribution in [-0.4, -0.2) is 14.7 Å². The predicted octanol–water partition coefficient (Wildman–Crippen LogP) is 4.15. The Bertz CT molecular complexity index is 1190. The summed E-state index contributed by atoms with van der Waals surface area (Å²) >= 11 is 0. The van der Waals surface area contributed by atoms with Crippen molar-refractivity contribution >= 4 is 10.9 Å². The lowest BCUT2D eigenvalue weighted by molar-refractivity contribution is 0.419. The highest BCUT2D eigenvalue weighted by Crippen LogP contribution is 2.41. The van der Waals surface area contributed by atoms with Gasteiger partial charge in [-0.25, -0.2) is 4.79 Å². The van der Waals surface area contributed by atoms with Crippen LogP contribution in [0.3, 0.4) is 0 Å². The largest absolute Gasteiger partial charge is 0.364 e. The lowest BCUT2D eigenvalue weighted by Crippen LogP contribution is -2.24. The maximum Gasteiger partial charge on any atom is 0.352 e. The zero-order valence-electron chi connectivity index (χ0n) is 15.1. The summed E-state index contributed by atoms with van der Waals surface area (Å²) in [5.41, 5.74) is 5.55. The second kappa shape index (κ2) is 6.20. The molecule has 1 saturated carbocycles. The fraction of sp³-hybridized carbons (Fsp3) is 0.227. The minimum absolute atomic E-state index is 0.254. The van der Waals surface area contributed by atoms with Crippen LogP contribution in [0.4, 0.5) is 0 Å². The monoisotopic (exact) mass is 357 g/mol. The van der Waals surface area contributed by atoms with Gasteiger partial charge in [0.05, 0.1) is 23.1 Å². The van der Waals surface area contributed by atoms with E-state index in [-0.39, 0.29) is 5.69 Å². The number of hydrogen-bond donors (Lipinski definition) is 0. The van der Waals surface area contributed by atoms with E-state index in [0.29, 0.717) is 12.3 Å². The second-order valence-corrected chi connectivity index (χ2v) is 7.22. The molecule has 5 heteroatoms. The molecule has 0 unspecified atom stereocenters. The molecule has 0 radical (unpaired) electrons. The highest BCUT2D eigenvalue weighted by Gasteiger charge is 2.24. The number of benzene rings is 2. The Hall–Kier alpha value is -3.21.